The van der Waals surface area contributed by atoms with E-state index in [1.807, 2.05) is 24.3 Å². The van der Waals surface area contributed by atoms with E-state index < -0.39 is 0 Å². The van der Waals surface area contributed by atoms with Crippen LogP contribution in [0, 0.1) is 0 Å². The Hall–Kier alpha value is -2.29. The minimum atomic E-state index is 0.779. The highest BCUT2D eigenvalue weighted by Gasteiger charge is 2.17. The van der Waals surface area contributed by atoms with Crippen molar-refractivity contribution >= 4 is 22.7 Å². The third-order valence-corrected chi connectivity index (χ3v) is 3.39. The van der Waals surface area contributed by atoms with Gasteiger partial charge in [0.05, 0.1) is 0 Å². The lowest BCUT2D eigenvalue weighted by atomic mass is 10.1. The lowest BCUT2D eigenvalue weighted by Gasteiger charge is -2.06. The quantitative estimate of drug-likeness (QED) is 0.541. The molecule has 90 valence electrons. The molecule has 1 aliphatic carbocycles. The van der Waals surface area contributed by atoms with Crippen LogP contribution in [0.15, 0.2) is 42.1 Å². The van der Waals surface area contributed by atoms with Gasteiger partial charge in [-0.15, -0.1) is 0 Å². The highest BCUT2D eigenvalue weighted by molar-refractivity contribution is 5.81. The standard InChI is InChI=1S/C15H15N3/c1-18-14-8-12(16)4-2-3-10(14)7-11-5-6-13(17)9-15(11)18/h2,4-9H,3H2,1H3,(H3,16,17)/p+1. The topological polar surface area (TPSA) is 55.9 Å². The van der Waals surface area contributed by atoms with E-state index in [0.29, 0.717) is 0 Å². The lowest BCUT2D eigenvalue weighted by Crippen LogP contribution is -2.34. The summed E-state index contributed by atoms with van der Waals surface area (Å²) >= 11 is 0. The number of rotatable bonds is 0. The smallest absolute Gasteiger partial charge is 0.214 e. The number of aryl methyl sites for hydroxylation is 1. The molecule has 0 saturated heterocycles. The van der Waals surface area contributed by atoms with Crippen LogP contribution in [0.25, 0.3) is 17.0 Å². The SMILES string of the molecule is C[n+]1c2c(cc3ccc(N)cc31)CC=CC(N)=C2. The number of hydrogen-bond donors (Lipinski definition) is 2. The number of nitrogens with two attached hydrogens (primary N) is 2. The van der Waals surface area contributed by atoms with Gasteiger partial charge in [0.2, 0.25) is 11.2 Å². The van der Waals surface area contributed by atoms with Crippen molar-refractivity contribution in [1.29, 1.82) is 0 Å². The predicted octanol–water partition coefficient (Wildman–Crippen LogP) is 1.66. The van der Waals surface area contributed by atoms with Crippen molar-refractivity contribution in [3.63, 3.8) is 0 Å². The van der Waals surface area contributed by atoms with Gasteiger partial charge in [-0.05, 0) is 30.7 Å². The third-order valence-electron chi connectivity index (χ3n) is 3.39. The highest BCUT2D eigenvalue weighted by Crippen LogP contribution is 2.21. The van der Waals surface area contributed by atoms with Crippen molar-refractivity contribution in [2.75, 3.05) is 5.73 Å². The molecule has 0 aliphatic heterocycles. The number of benzene rings is 1. The fourth-order valence-corrected chi connectivity index (χ4v) is 2.46. The Morgan fingerprint density at radius 3 is 2.83 bits per heavy atom. The van der Waals surface area contributed by atoms with Crippen LogP contribution in [-0.2, 0) is 13.5 Å². The van der Waals surface area contributed by atoms with E-state index in [2.05, 4.69) is 29.8 Å². The van der Waals surface area contributed by atoms with E-state index in [9.17, 15) is 0 Å². The summed E-state index contributed by atoms with van der Waals surface area (Å²) < 4.78 is 2.15. The predicted molar refractivity (Wildman–Crippen MR) is 74.5 cm³/mol. The molecule has 0 bridgehead atoms. The molecule has 0 saturated carbocycles. The van der Waals surface area contributed by atoms with E-state index in [1.165, 1.54) is 10.9 Å². The summed E-state index contributed by atoms with van der Waals surface area (Å²) in [7, 11) is 2.05. The summed E-state index contributed by atoms with van der Waals surface area (Å²) in [5.74, 6) is 0. The molecule has 1 aliphatic rings. The monoisotopic (exact) mass is 238 g/mol. The minimum absolute atomic E-state index is 0.779. The summed E-state index contributed by atoms with van der Waals surface area (Å²) in [4.78, 5) is 0. The first-order valence-corrected chi connectivity index (χ1v) is 6.00. The fraction of sp³-hybridized carbons (Fsp3) is 0.133. The largest absolute Gasteiger partial charge is 0.399 e. The average Bonchev–Trinajstić information content (AvgIpc) is 2.52. The number of pyridine rings is 1. The molecule has 4 N–H and O–H groups in total. The average molecular weight is 238 g/mol. The summed E-state index contributed by atoms with van der Waals surface area (Å²) in [5, 5.41) is 1.20. The van der Waals surface area contributed by atoms with Gasteiger partial charge >= 0.3 is 0 Å². The number of aromatic nitrogens is 1. The van der Waals surface area contributed by atoms with Crippen molar-refractivity contribution in [1.82, 2.24) is 0 Å². The van der Waals surface area contributed by atoms with E-state index in [1.54, 1.807) is 0 Å². The van der Waals surface area contributed by atoms with Gasteiger partial charge in [0.1, 0.15) is 7.05 Å². The van der Waals surface area contributed by atoms with Crippen molar-refractivity contribution in [3.8, 4) is 0 Å². The molecule has 0 spiro atoms. The Morgan fingerprint density at radius 1 is 1.17 bits per heavy atom. The molecule has 0 atom stereocenters. The molecule has 18 heavy (non-hydrogen) atoms. The van der Waals surface area contributed by atoms with Crippen LogP contribution >= 0.6 is 0 Å². The van der Waals surface area contributed by atoms with Crippen LogP contribution in [-0.4, -0.2) is 0 Å². The molecule has 1 heterocycles. The van der Waals surface area contributed by atoms with Crippen molar-refractivity contribution in [2.24, 2.45) is 12.8 Å². The minimum Gasteiger partial charge on any atom is -0.399 e. The van der Waals surface area contributed by atoms with E-state index in [0.717, 1.165) is 29.0 Å². The number of nitrogens with zero attached hydrogens (tertiary/aromatic N) is 1. The zero-order chi connectivity index (χ0) is 12.7. The second-order valence-electron chi connectivity index (χ2n) is 4.68. The second-order valence-corrected chi connectivity index (χ2v) is 4.68. The maximum atomic E-state index is 5.93. The Balaban J connectivity index is 2.38. The van der Waals surface area contributed by atoms with Crippen LogP contribution in [0.1, 0.15) is 11.3 Å². The number of nitrogen functional groups attached to an aromatic ring is 1. The van der Waals surface area contributed by atoms with Crippen molar-refractivity contribution in [3.05, 3.63) is 53.4 Å². The Kier molecular flexibility index (Phi) is 2.33. The van der Waals surface area contributed by atoms with E-state index >= 15 is 0 Å². The Morgan fingerprint density at radius 2 is 2.00 bits per heavy atom. The number of hydrogen-bond acceptors (Lipinski definition) is 2. The van der Waals surface area contributed by atoms with Crippen LogP contribution in [0.3, 0.4) is 0 Å². The molecule has 3 rings (SSSR count). The molecular formula is C15H16N3+. The molecule has 0 unspecified atom stereocenters. The molecule has 3 nitrogen and oxygen atoms in total. The zero-order valence-corrected chi connectivity index (χ0v) is 10.4. The van der Waals surface area contributed by atoms with Crippen LogP contribution < -0.4 is 16.0 Å². The molecule has 0 amide bonds. The first kappa shape index (κ1) is 10.8. The maximum Gasteiger partial charge on any atom is 0.214 e. The van der Waals surface area contributed by atoms with Crippen LogP contribution in [0.4, 0.5) is 5.69 Å². The highest BCUT2D eigenvalue weighted by atomic mass is 14.9. The summed E-state index contributed by atoms with van der Waals surface area (Å²) in [6.45, 7) is 0. The Labute approximate surface area is 106 Å². The van der Waals surface area contributed by atoms with Gasteiger partial charge < -0.3 is 11.5 Å². The van der Waals surface area contributed by atoms with Crippen molar-refractivity contribution < 1.29 is 4.57 Å². The number of fused-ring (bicyclic) bond motifs is 2. The van der Waals surface area contributed by atoms with E-state index in [4.69, 9.17) is 11.5 Å². The molecule has 3 heteroatoms. The fourth-order valence-electron chi connectivity index (χ4n) is 2.46. The molecule has 2 aromatic rings. The van der Waals surface area contributed by atoms with Crippen LogP contribution in [0.2, 0.25) is 0 Å². The summed E-state index contributed by atoms with van der Waals surface area (Å²) in [5.41, 5.74) is 16.9. The van der Waals surface area contributed by atoms with Gasteiger partial charge in [0.25, 0.3) is 0 Å². The normalized spacial score (nSPS) is 14.2. The van der Waals surface area contributed by atoms with Crippen molar-refractivity contribution in [2.45, 2.75) is 6.42 Å². The zero-order valence-electron chi connectivity index (χ0n) is 10.4. The van der Waals surface area contributed by atoms with Gasteiger partial charge in [-0.25, -0.2) is 0 Å². The Bertz CT molecular complexity index is 696. The second kappa shape index (κ2) is 3.88. The number of allylic oxidation sites excluding steroid dienone is 2. The summed E-state index contributed by atoms with van der Waals surface area (Å²) in [6, 6.07) is 8.21. The van der Waals surface area contributed by atoms with Gasteiger partial charge in [0.15, 0.2) is 0 Å². The first-order valence-electron chi connectivity index (χ1n) is 6.00. The van der Waals surface area contributed by atoms with Gasteiger partial charge in [0, 0.05) is 34.5 Å². The third kappa shape index (κ3) is 1.64. The molecular weight excluding hydrogens is 222 g/mol. The lowest BCUT2D eigenvalue weighted by molar-refractivity contribution is -0.647. The first-order chi connectivity index (χ1) is 8.65. The molecule has 0 radical (unpaired) electrons. The van der Waals surface area contributed by atoms with Gasteiger partial charge in [-0.1, -0.05) is 6.08 Å². The van der Waals surface area contributed by atoms with Gasteiger partial charge in [-0.3, -0.25) is 0 Å². The van der Waals surface area contributed by atoms with Crippen LogP contribution in [0.5, 0.6) is 0 Å². The molecule has 0 fully saturated rings. The summed E-state index contributed by atoms with van der Waals surface area (Å²) in [6.07, 6.45) is 6.97. The van der Waals surface area contributed by atoms with E-state index in [-0.39, 0.29) is 0 Å². The van der Waals surface area contributed by atoms with Gasteiger partial charge in [-0.2, -0.15) is 4.57 Å². The molecule has 1 aromatic carbocycles. The molecule has 1 aromatic heterocycles. The maximum absolute atomic E-state index is 5.93. The number of anilines is 1.